The van der Waals surface area contributed by atoms with E-state index < -0.39 is 5.97 Å². The molecule has 0 bridgehead atoms. The average molecular weight is 265 g/mol. The van der Waals surface area contributed by atoms with Crippen LogP contribution >= 0.6 is 0 Å². The summed E-state index contributed by atoms with van der Waals surface area (Å²) >= 11 is 0. The van der Waals surface area contributed by atoms with Crippen molar-refractivity contribution in [2.75, 3.05) is 13.2 Å². The van der Waals surface area contributed by atoms with Crippen LogP contribution in [-0.2, 0) is 16.1 Å². The SMILES string of the molecule is O=C(O)CCC(=O)NCc1ccc2c(c1)OCCO2. The van der Waals surface area contributed by atoms with Gasteiger partial charge in [-0.2, -0.15) is 0 Å². The highest BCUT2D eigenvalue weighted by molar-refractivity contribution is 5.80. The highest BCUT2D eigenvalue weighted by atomic mass is 16.6. The smallest absolute Gasteiger partial charge is 0.303 e. The molecule has 0 saturated heterocycles. The van der Waals surface area contributed by atoms with Crippen molar-refractivity contribution in [2.45, 2.75) is 19.4 Å². The number of hydrogen-bond acceptors (Lipinski definition) is 4. The maximum Gasteiger partial charge on any atom is 0.303 e. The molecule has 0 unspecified atom stereocenters. The van der Waals surface area contributed by atoms with E-state index in [2.05, 4.69) is 5.32 Å². The fraction of sp³-hybridized carbons (Fsp3) is 0.385. The summed E-state index contributed by atoms with van der Waals surface area (Å²) in [6.45, 7) is 1.40. The molecule has 2 N–H and O–H groups in total. The van der Waals surface area contributed by atoms with Crippen molar-refractivity contribution in [3.63, 3.8) is 0 Å². The Balaban J connectivity index is 1.86. The first kappa shape index (κ1) is 13.2. The molecule has 6 heteroatoms. The molecular weight excluding hydrogens is 250 g/mol. The Morgan fingerprint density at radius 1 is 1.16 bits per heavy atom. The molecule has 6 nitrogen and oxygen atoms in total. The summed E-state index contributed by atoms with van der Waals surface area (Å²) in [6, 6.07) is 5.45. The molecule has 1 aromatic rings. The van der Waals surface area contributed by atoms with Gasteiger partial charge >= 0.3 is 5.97 Å². The second kappa shape index (κ2) is 6.08. The maximum atomic E-state index is 11.4. The van der Waals surface area contributed by atoms with Gasteiger partial charge in [-0.25, -0.2) is 0 Å². The van der Waals surface area contributed by atoms with Crippen molar-refractivity contribution in [2.24, 2.45) is 0 Å². The fourth-order valence-corrected chi connectivity index (χ4v) is 1.71. The lowest BCUT2D eigenvalue weighted by Crippen LogP contribution is -2.23. The van der Waals surface area contributed by atoms with Crippen molar-refractivity contribution in [1.82, 2.24) is 5.32 Å². The molecule has 19 heavy (non-hydrogen) atoms. The highest BCUT2D eigenvalue weighted by Gasteiger charge is 2.12. The number of nitrogens with one attached hydrogen (secondary N) is 1. The first-order chi connectivity index (χ1) is 9.15. The summed E-state index contributed by atoms with van der Waals surface area (Å²) in [7, 11) is 0. The molecule has 1 aromatic carbocycles. The van der Waals surface area contributed by atoms with Crippen LogP contribution in [0.5, 0.6) is 11.5 Å². The number of ether oxygens (including phenoxy) is 2. The van der Waals surface area contributed by atoms with Crippen molar-refractivity contribution in [1.29, 1.82) is 0 Å². The summed E-state index contributed by atoms with van der Waals surface area (Å²) in [6.07, 6.45) is -0.174. The Morgan fingerprint density at radius 2 is 1.89 bits per heavy atom. The largest absolute Gasteiger partial charge is 0.486 e. The van der Waals surface area contributed by atoms with Gasteiger partial charge < -0.3 is 19.9 Å². The number of amides is 1. The van der Waals surface area contributed by atoms with Crippen molar-refractivity contribution in [3.8, 4) is 11.5 Å². The van der Waals surface area contributed by atoms with Crippen LogP contribution in [0.3, 0.4) is 0 Å². The molecule has 2 rings (SSSR count). The van der Waals surface area contributed by atoms with Crippen LogP contribution in [0.25, 0.3) is 0 Å². The Morgan fingerprint density at radius 3 is 2.63 bits per heavy atom. The van der Waals surface area contributed by atoms with Crippen molar-refractivity contribution >= 4 is 11.9 Å². The van der Waals surface area contributed by atoms with E-state index in [1.165, 1.54) is 0 Å². The molecule has 0 atom stereocenters. The van der Waals surface area contributed by atoms with Crippen LogP contribution in [0.2, 0.25) is 0 Å². The highest BCUT2D eigenvalue weighted by Crippen LogP contribution is 2.30. The van der Waals surface area contributed by atoms with Crippen molar-refractivity contribution < 1.29 is 24.2 Å². The summed E-state index contributed by atoms with van der Waals surface area (Å²) in [5.41, 5.74) is 0.882. The summed E-state index contributed by atoms with van der Waals surface area (Å²) < 4.78 is 10.8. The zero-order valence-corrected chi connectivity index (χ0v) is 10.3. The number of fused-ring (bicyclic) bond motifs is 1. The monoisotopic (exact) mass is 265 g/mol. The predicted molar refractivity (Wildman–Crippen MR) is 66.1 cm³/mol. The van der Waals surface area contributed by atoms with Crippen molar-refractivity contribution in [3.05, 3.63) is 23.8 Å². The van der Waals surface area contributed by atoms with E-state index in [1.807, 2.05) is 12.1 Å². The fourth-order valence-electron chi connectivity index (χ4n) is 1.71. The number of carboxylic acid groups (broad SMARTS) is 1. The van der Waals surface area contributed by atoms with Gasteiger partial charge in [-0.05, 0) is 17.7 Å². The van der Waals surface area contributed by atoms with Gasteiger partial charge in [0.1, 0.15) is 13.2 Å². The topological polar surface area (TPSA) is 84.9 Å². The molecular formula is C13H15NO5. The van der Waals surface area contributed by atoms with Gasteiger partial charge in [-0.1, -0.05) is 6.07 Å². The van der Waals surface area contributed by atoms with Gasteiger partial charge in [-0.3, -0.25) is 9.59 Å². The van der Waals surface area contributed by atoms with E-state index in [1.54, 1.807) is 6.07 Å². The van der Waals surface area contributed by atoms with Gasteiger partial charge in [0.05, 0.1) is 6.42 Å². The third kappa shape index (κ3) is 3.87. The average Bonchev–Trinajstić information content (AvgIpc) is 2.42. The van der Waals surface area contributed by atoms with Crippen LogP contribution < -0.4 is 14.8 Å². The van der Waals surface area contributed by atoms with Gasteiger partial charge in [-0.15, -0.1) is 0 Å². The van der Waals surface area contributed by atoms with Crippen LogP contribution in [0, 0.1) is 0 Å². The van der Waals surface area contributed by atoms with E-state index in [9.17, 15) is 9.59 Å². The molecule has 1 amide bonds. The molecule has 1 heterocycles. The lowest BCUT2D eigenvalue weighted by Gasteiger charge is -2.18. The molecule has 0 aromatic heterocycles. The third-order valence-corrected chi connectivity index (χ3v) is 2.66. The second-order valence-corrected chi connectivity index (χ2v) is 4.15. The lowest BCUT2D eigenvalue weighted by atomic mass is 10.2. The van der Waals surface area contributed by atoms with Crippen LogP contribution in [0.4, 0.5) is 0 Å². The minimum atomic E-state index is -0.977. The van der Waals surface area contributed by atoms with Gasteiger partial charge in [0.25, 0.3) is 0 Å². The van der Waals surface area contributed by atoms with E-state index in [0.29, 0.717) is 31.3 Å². The quantitative estimate of drug-likeness (QED) is 0.827. The van der Waals surface area contributed by atoms with Crippen LogP contribution in [-0.4, -0.2) is 30.2 Å². The van der Waals surface area contributed by atoms with E-state index in [0.717, 1.165) is 5.56 Å². The zero-order valence-electron chi connectivity index (χ0n) is 10.3. The lowest BCUT2D eigenvalue weighted by molar-refractivity contribution is -0.138. The first-order valence-corrected chi connectivity index (χ1v) is 6.02. The Kier molecular flexibility index (Phi) is 4.22. The number of carbonyl (C=O) groups excluding carboxylic acids is 1. The molecule has 0 aliphatic carbocycles. The molecule has 102 valence electrons. The molecule has 0 fully saturated rings. The number of carbonyl (C=O) groups is 2. The van der Waals surface area contributed by atoms with Gasteiger partial charge in [0.2, 0.25) is 5.91 Å². The molecule has 1 aliphatic heterocycles. The Bertz CT molecular complexity index is 486. The van der Waals surface area contributed by atoms with E-state index in [4.69, 9.17) is 14.6 Å². The number of aliphatic carboxylic acids is 1. The minimum absolute atomic E-state index is 0.0140. The maximum absolute atomic E-state index is 11.4. The Hall–Kier alpha value is -2.24. The summed E-state index contributed by atoms with van der Waals surface area (Å²) in [4.78, 5) is 21.7. The summed E-state index contributed by atoms with van der Waals surface area (Å²) in [5.74, 6) is 0.113. The van der Waals surface area contributed by atoms with Crippen LogP contribution in [0.1, 0.15) is 18.4 Å². The van der Waals surface area contributed by atoms with E-state index >= 15 is 0 Å². The molecule has 0 saturated carbocycles. The Labute approximate surface area is 110 Å². The normalized spacial score (nSPS) is 12.8. The standard InChI is InChI=1S/C13H15NO5/c15-12(3-4-13(16)17)14-8-9-1-2-10-11(7-9)19-6-5-18-10/h1-2,7H,3-6,8H2,(H,14,15)(H,16,17). The molecule has 1 aliphatic rings. The first-order valence-electron chi connectivity index (χ1n) is 6.02. The number of benzene rings is 1. The third-order valence-electron chi connectivity index (χ3n) is 2.66. The predicted octanol–water partition coefficient (Wildman–Crippen LogP) is 0.939. The molecule has 0 spiro atoms. The number of rotatable bonds is 5. The zero-order chi connectivity index (χ0) is 13.7. The number of hydrogen-bond donors (Lipinski definition) is 2. The van der Waals surface area contributed by atoms with Crippen LogP contribution in [0.15, 0.2) is 18.2 Å². The number of carboxylic acids is 1. The van der Waals surface area contributed by atoms with Gasteiger partial charge in [0, 0.05) is 13.0 Å². The van der Waals surface area contributed by atoms with Gasteiger partial charge in [0.15, 0.2) is 11.5 Å². The second-order valence-electron chi connectivity index (χ2n) is 4.15. The summed E-state index contributed by atoms with van der Waals surface area (Å²) in [5, 5.41) is 11.1. The van der Waals surface area contributed by atoms with E-state index in [-0.39, 0.29) is 18.7 Å². The minimum Gasteiger partial charge on any atom is -0.486 e. The molecule has 0 radical (unpaired) electrons.